The Morgan fingerprint density at radius 2 is 1.96 bits per heavy atom. The van der Waals surface area contributed by atoms with Gasteiger partial charge in [-0.25, -0.2) is 9.86 Å². The van der Waals surface area contributed by atoms with E-state index in [9.17, 15) is 14.8 Å². The van der Waals surface area contributed by atoms with Crippen LogP contribution in [0.3, 0.4) is 0 Å². The van der Waals surface area contributed by atoms with Crippen molar-refractivity contribution in [1.29, 1.82) is 0 Å². The van der Waals surface area contributed by atoms with Gasteiger partial charge in [-0.15, -0.1) is 11.3 Å². The van der Waals surface area contributed by atoms with Gasteiger partial charge in [-0.3, -0.25) is 10.0 Å². The van der Waals surface area contributed by atoms with Crippen molar-refractivity contribution < 1.29 is 19.9 Å². The lowest BCUT2D eigenvalue weighted by atomic mass is 10.1. The van der Waals surface area contributed by atoms with E-state index in [1.54, 1.807) is 35.2 Å². The predicted molar refractivity (Wildman–Crippen MR) is 104 cm³/mol. The van der Waals surface area contributed by atoms with Gasteiger partial charge < -0.3 is 5.11 Å². The third-order valence-corrected chi connectivity index (χ3v) is 6.02. The molecule has 1 heterocycles. The van der Waals surface area contributed by atoms with Crippen molar-refractivity contribution in [3.63, 3.8) is 0 Å². The second-order valence-electron chi connectivity index (χ2n) is 5.74. The van der Waals surface area contributed by atoms with Crippen molar-refractivity contribution in [3.05, 3.63) is 70.6 Å². The largest absolute Gasteiger partial charge is 0.478 e. The molecule has 0 saturated heterocycles. The van der Waals surface area contributed by atoms with Crippen molar-refractivity contribution in [1.82, 2.24) is 5.06 Å². The molecule has 0 spiro atoms. The molecule has 7 heteroatoms. The fourth-order valence-electron chi connectivity index (χ4n) is 2.64. The summed E-state index contributed by atoms with van der Waals surface area (Å²) < 4.78 is 1.25. The third-order valence-electron chi connectivity index (χ3n) is 4.03. The fraction of sp³-hybridized carbons (Fsp3) is 0.158. The van der Waals surface area contributed by atoms with Crippen LogP contribution in [-0.4, -0.2) is 33.5 Å². The quantitative estimate of drug-likeness (QED) is 0.340. The van der Waals surface area contributed by atoms with E-state index in [-0.39, 0.29) is 5.56 Å². The van der Waals surface area contributed by atoms with E-state index in [2.05, 4.69) is 29.6 Å². The van der Waals surface area contributed by atoms with Crippen LogP contribution in [-0.2, 0) is 10.5 Å². The highest BCUT2D eigenvalue weighted by molar-refractivity contribution is 7.98. The zero-order chi connectivity index (χ0) is 18.5. The van der Waals surface area contributed by atoms with Crippen LogP contribution in [0.2, 0.25) is 0 Å². The second kappa shape index (κ2) is 8.35. The second-order valence-corrected chi connectivity index (χ2v) is 7.71. The van der Waals surface area contributed by atoms with E-state index >= 15 is 0 Å². The topological polar surface area (TPSA) is 77.8 Å². The number of fused-ring (bicyclic) bond motifs is 1. The molecule has 1 amide bonds. The highest BCUT2D eigenvalue weighted by atomic mass is 32.2. The first-order chi connectivity index (χ1) is 12.6. The molecule has 0 fully saturated rings. The maximum Gasteiger partial charge on any atom is 0.335 e. The minimum Gasteiger partial charge on any atom is -0.478 e. The number of aromatic carboxylic acids is 1. The first-order valence-electron chi connectivity index (χ1n) is 7.88. The van der Waals surface area contributed by atoms with Crippen molar-refractivity contribution in [2.75, 3.05) is 5.75 Å². The van der Waals surface area contributed by atoms with E-state index < -0.39 is 12.0 Å². The molecule has 0 aliphatic rings. The molecule has 0 saturated carbocycles. The van der Waals surface area contributed by atoms with Crippen LogP contribution in [0.25, 0.3) is 10.1 Å². The van der Waals surface area contributed by atoms with Gasteiger partial charge in [0.15, 0.2) is 0 Å². The summed E-state index contributed by atoms with van der Waals surface area (Å²) in [5.41, 5.74) is 2.03. The van der Waals surface area contributed by atoms with Crippen molar-refractivity contribution in [2.45, 2.75) is 11.8 Å². The van der Waals surface area contributed by atoms with E-state index in [0.29, 0.717) is 22.8 Å². The number of hydroxylamine groups is 2. The number of amides is 1. The first kappa shape index (κ1) is 18.4. The summed E-state index contributed by atoms with van der Waals surface area (Å²) in [6.45, 7) is 0. The average molecular weight is 387 g/mol. The minimum absolute atomic E-state index is 0.166. The number of hydrogen-bond acceptors (Lipinski definition) is 5. The van der Waals surface area contributed by atoms with E-state index in [1.807, 2.05) is 0 Å². The van der Waals surface area contributed by atoms with Crippen LogP contribution >= 0.6 is 23.1 Å². The van der Waals surface area contributed by atoms with E-state index in [1.165, 1.54) is 27.8 Å². The summed E-state index contributed by atoms with van der Waals surface area (Å²) in [7, 11) is 0. The predicted octanol–water partition coefficient (Wildman–Crippen LogP) is 4.42. The fourth-order valence-corrected chi connectivity index (χ4v) is 4.51. The summed E-state index contributed by atoms with van der Waals surface area (Å²) in [6, 6.07) is 14.1. The van der Waals surface area contributed by atoms with Gasteiger partial charge in [0.25, 0.3) is 0 Å². The van der Waals surface area contributed by atoms with Gasteiger partial charge in [-0.1, -0.05) is 18.2 Å². The Labute approximate surface area is 158 Å². The smallest absolute Gasteiger partial charge is 0.335 e. The van der Waals surface area contributed by atoms with Crippen LogP contribution in [0.5, 0.6) is 0 Å². The lowest BCUT2D eigenvalue weighted by molar-refractivity contribution is -0.158. The van der Waals surface area contributed by atoms with Gasteiger partial charge in [0.2, 0.25) is 6.41 Å². The third kappa shape index (κ3) is 4.24. The number of rotatable bonds is 8. The number of nitrogens with zero attached hydrogens (tertiary/aromatic N) is 1. The lowest BCUT2D eigenvalue weighted by Crippen LogP contribution is -2.25. The Balaban J connectivity index is 1.68. The number of thioether (sulfide) groups is 1. The molecule has 2 N–H and O–H groups in total. The Kier molecular flexibility index (Phi) is 5.92. The SMILES string of the molecule is O=CN(O)[C@H](CSCc1ccc2sccc2c1)c1ccc(C(=O)O)cc1. The van der Waals surface area contributed by atoms with Crippen LogP contribution in [0, 0.1) is 0 Å². The zero-order valence-electron chi connectivity index (χ0n) is 13.7. The Hall–Kier alpha value is -2.35. The molecular formula is C19H17NO4S2. The molecule has 0 radical (unpaired) electrons. The number of thiophene rings is 1. The molecule has 0 unspecified atom stereocenters. The molecule has 1 atom stereocenters. The van der Waals surface area contributed by atoms with Gasteiger partial charge in [0, 0.05) is 16.2 Å². The van der Waals surface area contributed by atoms with Crippen LogP contribution < -0.4 is 0 Å². The molecule has 26 heavy (non-hydrogen) atoms. The summed E-state index contributed by atoms with van der Waals surface area (Å²) in [5.74, 6) is 0.230. The molecule has 134 valence electrons. The Morgan fingerprint density at radius 1 is 1.19 bits per heavy atom. The number of carbonyl (C=O) groups is 2. The zero-order valence-corrected chi connectivity index (χ0v) is 15.4. The molecule has 2 aromatic carbocycles. The molecule has 1 aromatic heterocycles. The minimum atomic E-state index is -1.01. The molecule has 5 nitrogen and oxygen atoms in total. The van der Waals surface area contributed by atoms with E-state index in [4.69, 9.17) is 5.11 Å². The van der Waals surface area contributed by atoms with Crippen LogP contribution in [0.15, 0.2) is 53.9 Å². The molecule has 0 bridgehead atoms. The van der Waals surface area contributed by atoms with Crippen LogP contribution in [0.1, 0.15) is 27.5 Å². The monoisotopic (exact) mass is 387 g/mol. The summed E-state index contributed by atoms with van der Waals surface area (Å²) in [6.07, 6.45) is 0.369. The summed E-state index contributed by atoms with van der Waals surface area (Å²) in [5, 5.41) is 22.8. The average Bonchev–Trinajstić information content (AvgIpc) is 3.12. The Morgan fingerprint density at radius 3 is 2.65 bits per heavy atom. The summed E-state index contributed by atoms with van der Waals surface area (Å²) >= 11 is 3.31. The van der Waals surface area contributed by atoms with Crippen molar-refractivity contribution in [3.8, 4) is 0 Å². The Bertz CT molecular complexity index is 907. The van der Waals surface area contributed by atoms with Gasteiger partial charge in [-0.2, -0.15) is 11.8 Å². The van der Waals surface area contributed by atoms with Gasteiger partial charge in [0.1, 0.15) is 0 Å². The van der Waals surface area contributed by atoms with Gasteiger partial charge >= 0.3 is 5.97 Å². The normalized spacial score (nSPS) is 12.0. The van der Waals surface area contributed by atoms with Crippen molar-refractivity contribution >= 4 is 45.6 Å². The van der Waals surface area contributed by atoms with Crippen molar-refractivity contribution in [2.24, 2.45) is 0 Å². The number of carbonyl (C=O) groups excluding carboxylic acids is 1. The highest BCUT2D eigenvalue weighted by Crippen LogP contribution is 2.27. The number of carboxylic acids is 1. The lowest BCUT2D eigenvalue weighted by Gasteiger charge is -2.22. The highest BCUT2D eigenvalue weighted by Gasteiger charge is 2.18. The van der Waals surface area contributed by atoms with Crippen LogP contribution in [0.4, 0.5) is 0 Å². The molecule has 3 aromatic rings. The number of hydrogen-bond donors (Lipinski definition) is 2. The number of benzene rings is 2. The molecule has 0 aliphatic carbocycles. The van der Waals surface area contributed by atoms with Gasteiger partial charge in [0.05, 0.1) is 11.6 Å². The molecule has 0 aliphatic heterocycles. The van der Waals surface area contributed by atoms with E-state index in [0.717, 1.165) is 5.75 Å². The maximum atomic E-state index is 11.0. The summed E-state index contributed by atoms with van der Waals surface area (Å²) in [4.78, 5) is 22.0. The number of carboxylic acid groups (broad SMARTS) is 1. The van der Waals surface area contributed by atoms with Gasteiger partial charge in [-0.05, 0) is 52.2 Å². The molecule has 3 rings (SSSR count). The standard InChI is InChI=1S/C19H17NO4S2/c21-12-20(24)17(14-2-4-15(5-3-14)19(22)23)11-25-10-13-1-6-18-16(9-13)7-8-26-18/h1-9,12,17,24H,10-11H2,(H,22,23)/t17-/m1/s1. The maximum absolute atomic E-state index is 11.0. The first-order valence-corrected chi connectivity index (χ1v) is 9.91. The molecular weight excluding hydrogens is 370 g/mol.